The Balaban J connectivity index is 2.01. The van der Waals surface area contributed by atoms with Crippen LogP contribution in [0.4, 0.5) is 0 Å². The van der Waals surface area contributed by atoms with Crippen LogP contribution < -0.4 is 9.47 Å². The smallest absolute Gasteiger partial charge is 0.210 e. The van der Waals surface area contributed by atoms with Gasteiger partial charge in [0.1, 0.15) is 17.6 Å². The van der Waals surface area contributed by atoms with Crippen LogP contribution in [0.3, 0.4) is 0 Å². The molecule has 1 aromatic rings. The number of carbonyl (C=O) groups is 2. The van der Waals surface area contributed by atoms with Gasteiger partial charge in [0.15, 0.2) is 5.78 Å². The van der Waals surface area contributed by atoms with Crippen LogP contribution in [0.25, 0.3) is 0 Å². The van der Waals surface area contributed by atoms with Crippen molar-refractivity contribution < 1.29 is 19.1 Å². The van der Waals surface area contributed by atoms with Gasteiger partial charge in [0, 0.05) is 31.1 Å². The molecular formula is C17H15Br2NO4. The first-order valence-corrected chi connectivity index (χ1v) is 9.26. The number of hydrogen-bond acceptors (Lipinski definition) is 4. The van der Waals surface area contributed by atoms with E-state index in [0.717, 1.165) is 34.2 Å². The van der Waals surface area contributed by atoms with E-state index < -0.39 is 5.41 Å². The van der Waals surface area contributed by atoms with Gasteiger partial charge in [-0.15, -0.1) is 0 Å². The Kier molecular flexibility index (Phi) is 3.76. The van der Waals surface area contributed by atoms with E-state index in [9.17, 15) is 9.59 Å². The fraction of sp³-hybridized carbons (Fsp3) is 0.412. The molecule has 4 rings (SSSR count). The highest BCUT2D eigenvalue weighted by Gasteiger charge is 2.53. The number of ether oxygens (including phenoxy) is 2. The van der Waals surface area contributed by atoms with Crippen molar-refractivity contribution in [2.75, 3.05) is 13.7 Å². The van der Waals surface area contributed by atoms with Crippen LogP contribution in [0.5, 0.6) is 11.5 Å². The Labute approximate surface area is 156 Å². The van der Waals surface area contributed by atoms with Gasteiger partial charge in [0.2, 0.25) is 6.41 Å². The molecule has 1 aromatic carbocycles. The van der Waals surface area contributed by atoms with Crippen molar-refractivity contribution >= 4 is 44.1 Å². The summed E-state index contributed by atoms with van der Waals surface area (Å²) >= 11 is 7.03. The van der Waals surface area contributed by atoms with Gasteiger partial charge in [-0.1, -0.05) is 6.08 Å². The molecule has 1 aliphatic carbocycles. The number of halogens is 2. The molecule has 1 spiro atoms. The average molecular weight is 457 g/mol. The van der Waals surface area contributed by atoms with Gasteiger partial charge in [-0.2, -0.15) is 0 Å². The second-order valence-corrected chi connectivity index (χ2v) is 7.98. The zero-order valence-corrected chi connectivity index (χ0v) is 16.1. The summed E-state index contributed by atoms with van der Waals surface area (Å²) in [4.78, 5) is 25.3. The number of nitrogens with zero attached hydrogens (tertiary/aromatic N) is 1. The minimum Gasteiger partial charge on any atom is -0.495 e. The number of ketones is 1. The Bertz CT molecular complexity index is 791. The van der Waals surface area contributed by atoms with Crippen molar-refractivity contribution in [3.63, 3.8) is 0 Å². The van der Waals surface area contributed by atoms with Gasteiger partial charge in [-0.05, 0) is 43.8 Å². The molecule has 1 amide bonds. The maximum Gasteiger partial charge on any atom is 0.210 e. The highest BCUT2D eigenvalue weighted by atomic mass is 79.9. The minimum absolute atomic E-state index is 0.0440. The number of rotatable bonds is 2. The average Bonchev–Trinajstić information content (AvgIpc) is 2.76. The first-order chi connectivity index (χ1) is 11.5. The molecule has 0 N–H and O–H groups in total. The molecule has 2 atom stereocenters. The Hall–Kier alpha value is -1.34. The van der Waals surface area contributed by atoms with E-state index >= 15 is 0 Å². The predicted octanol–water partition coefficient (Wildman–Crippen LogP) is 3.07. The van der Waals surface area contributed by atoms with Crippen molar-refractivity contribution in [2.24, 2.45) is 0 Å². The first-order valence-electron chi connectivity index (χ1n) is 7.67. The van der Waals surface area contributed by atoms with Crippen LogP contribution in [-0.2, 0) is 21.5 Å². The molecule has 24 heavy (non-hydrogen) atoms. The molecule has 2 heterocycles. The standard InChI is InChI=1S/C17H15Br2NO4/c1-23-13-5-12-15-9(16(13)19)7-20(8-21)3-2-17(15)6-10(18)11(22)4-14(17)24-12/h5-6,8,14H,2-4,7H2,1H3/t14?,17-/m1/s1. The molecule has 1 unspecified atom stereocenters. The normalized spacial score (nSPS) is 27.6. The summed E-state index contributed by atoms with van der Waals surface area (Å²) in [6.07, 6.45) is 3.65. The van der Waals surface area contributed by atoms with Crippen molar-refractivity contribution in [1.82, 2.24) is 4.90 Å². The molecule has 2 aliphatic heterocycles. The summed E-state index contributed by atoms with van der Waals surface area (Å²) in [7, 11) is 1.60. The van der Waals surface area contributed by atoms with E-state index in [0.29, 0.717) is 29.7 Å². The number of hydrogen-bond donors (Lipinski definition) is 0. The lowest BCUT2D eigenvalue weighted by molar-refractivity contribution is -0.119. The molecule has 0 saturated heterocycles. The maximum atomic E-state index is 12.1. The van der Waals surface area contributed by atoms with Crippen LogP contribution in [0.15, 0.2) is 21.1 Å². The number of Topliss-reactive ketones (excluding diaryl/α,β-unsaturated/α-hetero) is 1. The molecule has 7 heteroatoms. The second kappa shape index (κ2) is 5.59. The van der Waals surface area contributed by atoms with Crippen molar-refractivity contribution in [2.45, 2.75) is 30.9 Å². The van der Waals surface area contributed by atoms with Crippen LogP contribution in [0.1, 0.15) is 24.0 Å². The minimum atomic E-state index is -0.399. The van der Waals surface area contributed by atoms with Crippen molar-refractivity contribution in [3.05, 3.63) is 32.2 Å². The number of benzene rings is 1. The highest BCUT2D eigenvalue weighted by Crippen LogP contribution is 2.56. The summed E-state index contributed by atoms with van der Waals surface area (Å²) in [5.74, 6) is 1.45. The largest absolute Gasteiger partial charge is 0.495 e. The van der Waals surface area contributed by atoms with Crippen LogP contribution >= 0.6 is 31.9 Å². The van der Waals surface area contributed by atoms with Gasteiger partial charge in [-0.3, -0.25) is 9.59 Å². The SMILES string of the molecule is COc1cc2c3c(c1Br)CN(C=O)CC[C@]31C=C(Br)C(=O)CC1O2. The zero-order valence-electron chi connectivity index (χ0n) is 13.0. The number of amides is 1. The Morgan fingerprint density at radius 1 is 1.46 bits per heavy atom. The first kappa shape index (κ1) is 16.1. The molecule has 0 aromatic heterocycles. The quantitative estimate of drug-likeness (QED) is 0.641. The Morgan fingerprint density at radius 2 is 2.25 bits per heavy atom. The van der Waals surface area contributed by atoms with Gasteiger partial charge < -0.3 is 14.4 Å². The zero-order chi connectivity index (χ0) is 17.1. The molecule has 3 aliphatic rings. The van der Waals surface area contributed by atoms with E-state index in [1.54, 1.807) is 12.0 Å². The number of carbonyl (C=O) groups excluding carboxylic acids is 2. The lowest BCUT2D eigenvalue weighted by Gasteiger charge is -2.34. The number of methoxy groups -OCH3 is 1. The topological polar surface area (TPSA) is 55.8 Å². The third-order valence-corrected chi connectivity index (χ3v) is 6.71. The summed E-state index contributed by atoms with van der Waals surface area (Å²) in [6, 6.07) is 1.87. The molecule has 5 nitrogen and oxygen atoms in total. The molecule has 0 radical (unpaired) electrons. The van der Waals surface area contributed by atoms with E-state index in [4.69, 9.17) is 9.47 Å². The van der Waals surface area contributed by atoms with Crippen molar-refractivity contribution in [3.8, 4) is 11.5 Å². The van der Waals surface area contributed by atoms with Gasteiger partial charge in [-0.25, -0.2) is 0 Å². The lowest BCUT2D eigenvalue weighted by Crippen LogP contribution is -2.42. The third kappa shape index (κ3) is 2.10. The lowest BCUT2D eigenvalue weighted by atomic mass is 9.69. The summed E-state index contributed by atoms with van der Waals surface area (Å²) in [5, 5.41) is 0. The molecule has 0 saturated carbocycles. The van der Waals surface area contributed by atoms with Crippen LogP contribution in [-0.4, -0.2) is 36.9 Å². The summed E-state index contributed by atoms with van der Waals surface area (Å²) in [5.41, 5.74) is 1.65. The molecule has 0 fully saturated rings. The Morgan fingerprint density at radius 3 is 2.96 bits per heavy atom. The van der Waals surface area contributed by atoms with Gasteiger partial charge in [0.25, 0.3) is 0 Å². The van der Waals surface area contributed by atoms with E-state index in [-0.39, 0.29) is 11.9 Å². The molecular weight excluding hydrogens is 442 g/mol. The second-order valence-electron chi connectivity index (χ2n) is 6.34. The van der Waals surface area contributed by atoms with Gasteiger partial charge in [0.05, 0.1) is 21.5 Å². The van der Waals surface area contributed by atoms with E-state index in [1.165, 1.54) is 0 Å². The molecule has 0 bridgehead atoms. The van der Waals surface area contributed by atoms with E-state index in [2.05, 4.69) is 31.9 Å². The van der Waals surface area contributed by atoms with E-state index in [1.807, 2.05) is 12.1 Å². The van der Waals surface area contributed by atoms with Crippen LogP contribution in [0.2, 0.25) is 0 Å². The number of allylic oxidation sites excluding steroid dienone is 1. The summed E-state index contributed by atoms with van der Waals surface area (Å²) in [6.45, 7) is 1.10. The molecule has 126 valence electrons. The van der Waals surface area contributed by atoms with Gasteiger partial charge >= 0.3 is 0 Å². The predicted molar refractivity (Wildman–Crippen MR) is 94.5 cm³/mol. The fourth-order valence-electron chi connectivity index (χ4n) is 4.00. The van der Waals surface area contributed by atoms with Crippen molar-refractivity contribution in [1.29, 1.82) is 0 Å². The fourth-order valence-corrected chi connectivity index (χ4v) is 5.17. The third-order valence-electron chi connectivity index (χ3n) is 5.17. The van der Waals surface area contributed by atoms with Crippen LogP contribution in [0, 0.1) is 0 Å². The monoisotopic (exact) mass is 455 g/mol. The summed E-state index contributed by atoms with van der Waals surface area (Å²) < 4.78 is 13.0. The highest BCUT2D eigenvalue weighted by molar-refractivity contribution is 9.12. The maximum absolute atomic E-state index is 12.1.